The maximum absolute atomic E-state index is 5.64. The SMILES string of the molecule is CN=C(N)c1ccccc1N. The molecule has 0 fully saturated rings. The van der Waals surface area contributed by atoms with Crippen molar-refractivity contribution in [3.05, 3.63) is 29.8 Å². The molecule has 0 atom stereocenters. The molecule has 58 valence electrons. The molecule has 0 aliphatic heterocycles. The maximum atomic E-state index is 5.64. The van der Waals surface area contributed by atoms with E-state index in [1.165, 1.54) is 0 Å². The summed E-state index contributed by atoms with van der Waals surface area (Å²) in [5.74, 6) is 0.475. The second-order valence-electron chi connectivity index (χ2n) is 2.20. The van der Waals surface area contributed by atoms with Crippen LogP contribution in [0.25, 0.3) is 0 Å². The molecule has 3 heteroatoms. The fourth-order valence-corrected chi connectivity index (χ4v) is 0.851. The third kappa shape index (κ3) is 1.49. The van der Waals surface area contributed by atoms with Crippen molar-refractivity contribution in [3.63, 3.8) is 0 Å². The molecule has 0 saturated carbocycles. The molecule has 11 heavy (non-hydrogen) atoms. The van der Waals surface area contributed by atoms with Crippen LogP contribution in [0.15, 0.2) is 29.3 Å². The summed E-state index contributed by atoms with van der Waals surface area (Å²) in [4.78, 5) is 3.83. The molecule has 1 aromatic carbocycles. The third-order valence-corrected chi connectivity index (χ3v) is 1.48. The molecule has 0 unspecified atom stereocenters. The quantitative estimate of drug-likeness (QED) is 0.349. The van der Waals surface area contributed by atoms with Gasteiger partial charge in [0.25, 0.3) is 0 Å². The Kier molecular flexibility index (Phi) is 2.11. The molecule has 0 spiro atoms. The van der Waals surface area contributed by atoms with Crippen LogP contribution in [0.4, 0.5) is 5.69 Å². The van der Waals surface area contributed by atoms with E-state index in [2.05, 4.69) is 4.99 Å². The fraction of sp³-hybridized carbons (Fsp3) is 0.125. The van der Waals surface area contributed by atoms with E-state index in [4.69, 9.17) is 11.5 Å². The Morgan fingerprint density at radius 2 is 2.00 bits per heavy atom. The third-order valence-electron chi connectivity index (χ3n) is 1.48. The lowest BCUT2D eigenvalue weighted by molar-refractivity contribution is 1.39. The molecule has 0 heterocycles. The highest BCUT2D eigenvalue weighted by atomic mass is 14.8. The van der Waals surface area contributed by atoms with E-state index in [1.54, 1.807) is 13.1 Å². The zero-order valence-electron chi connectivity index (χ0n) is 6.41. The minimum Gasteiger partial charge on any atom is -0.398 e. The number of anilines is 1. The van der Waals surface area contributed by atoms with E-state index >= 15 is 0 Å². The summed E-state index contributed by atoms with van der Waals surface area (Å²) in [7, 11) is 1.64. The minimum absolute atomic E-state index is 0.475. The first-order valence-electron chi connectivity index (χ1n) is 3.33. The highest BCUT2D eigenvalue weighted by molar-refractivity contribution is 6.01. The van der Waals surface area contributed by atoms with Crippen molar-refractivity contribution in [2.45, 2.75) is 0 Å². The Morgan fingerprint density at radius 3 is 2.55 bits per heavy atom. The lowest BCUT2D eigenvalue weighted by atomic mass is 10.2. The molecule has 0 saturated heterocycles. The summed E-state index contributed by atoms with van der Waals surface area (Å²) < 4.78 is 0. The second kappa shape index (κ2) is 3.05. The van der Waals surface area contributed by atoms with Gasteiger partial charge in [-0.1, -0.05) is 12.1 Å². The zero-order valence-corrected chi connectivity index (χ0v) is 6.41. The van der Waals surface area contributed by atoms with Crippen molar-refractivity contribution in [1.82, 2.24) is 0 Å². The van der Waals surface area contributed by atoms with Gasteiger partial charge in [-0.15, -0.1) is 0 Å². The Bertz CT molecular complexity index is 278. The normalized spacial score (nSPS) is 11.5. The van der Waals surface area contributed by atoms with Crippen LogP contribution in [-0.2, 0) is 0 Å². The molecule has 0 amide bonds. The highest BCUT2D eigenvalue weighted by Gasteiger charge is 1.99. The molecule has 1 aromatic rings. The van der Waals surface area contributed by atoms with Crippen molar-refractivity contribution < 1.29 is 0 Å². The largest absolute Gasteiger partial charge is 0.398 e. The van der Waals surface area contributed by atoms with Gasteiger partial charge in [-0.2, -0.15) is 0 Å². The van der Waals surface area contributed by atoms with Gasteiger partial charge in [-0.05, 0) is 12.1 Å². The van der Waals surface area contributed by atoms with E-state index in [1.807, 2.05) is 18.2 Å². The van der Waals surface area contributed by atoms with Crippen LogP contribution in [0, 0.1) is 0 Å². The lowest BCUT2D eigenvalue weighted by Gasteiger charge is -2.02. The smallest absolute Gasteiger partial charge is 0.127 e. The van der Waals surface area contributed by atoms with E-state index < -0.39 is 0 Å². The summed E-state index contributed by atoms with van der Waals surface area (Å²) in [5.41, 5.74) is 12.7. The van der Waals surface area contributed by atoms with Crippen LogP contribution in [0.5, 0.6) is 0 Å². The number of aliphatic imine (C=N–C) groups is 1. The number of rotatable bonds is 1. The molecule has 0 aliphatic carbocycles. The van der Waals surface area contributed by atoms with E-state index in [0.717, 1.165) is 5.56 Å². The van der Waals surface area contributed by atoms with Crippen molar-refractivity contribution in [2.24, 2.45) is 10.7 Å². The zero-order chi connectivity index (χ0) is 8.27. The van der Waals surface area contributed by atoms with Gasteiger partial charge < -0.3 is 11.5 Å². The first kappa shape index (κ1) is 7.60. The summed E-state index contributed by atoms with van der Waals surface area (Å²) >= 11 is 0. The number of hydrogen-bond donors (Lipinski definition) is 2. The number of nitrogen functional groups attached to an aromatic ring is 1. The van der Waals surface area contributed by atoms with Gasteiger partial charge >= 0.3 is 0 Å². The first-order valence-corrected chi connectivity index (χ1v) is 3.33. The molecular formula is C8H11N3. The number of benzene rings is 1. The predicted octanol–water partition coefficient (Wildman–Crippen LogP) is 0.604. The van der Waals surface area contributed by atoms with Gasteiger partial charge in [0.2, 0.25) is 0 Å². The maximum Gasteiger partial charge on any atom is 0.127 e. The Balaban J connectivity index is 3.14. The van der Waals surface area contributed by atoms with Crippen LogP contribution in [0.1, 0.15) is 5.56 Å². The lowest BCUT2D eigenvalue weighted by Crippen LogP contribution is -2.14. The van der Waals surface area contributed by atoms with Crippen molar-refractivity contribution in [3.8, 4) is 0 Å². The standard InChI is InChI=1S/C8H11N3/c1-11-8(10)6-4-2-3-5-7(6)9/h2-5H,9H2,1H3,(H2,10,11). The Morgan fingerprint density at radius 1 is 1.36 bits per heavy atom. The highest BCUT2D eigenvalue weighted by Crippen LogP contribution is 2.08. The summed E-state index contributed by atoms with van der Waals surface area (Å²) in [6, 6.07) is 7.39. The molecule has 0 aliphatic rings. The second-order valence-corrected chi connectivity index (χ2v) is 2.20. The molecular weight excluding hydrogens is 138 g/mol. The van der Waals surface area contributed by atoms with E-state index in [9.17, 15) is 0 Å². The van der Waals surface area contributed by atoms with Crippen LogP contribution >= 0.6 is 0 Å². The predicted molar refractivity (Wildman–Crippen MR) is 47.5 cm³/mol. The number of nitrogens with zero attached hydrogens (tertiary/aromatic N) is 1. The average molecular weight is 149 g/mol. The van der Waals surface area contributed by atoms with Gasteiger partial charge in [-0.3, -0.25) is 4.99 Å². The summed E-state index contributed by atoms with van der Waals surface area (Å²) in [6.07, 6.45) is 0. The summed E-state index contributed by atoms with van der Waals surface area (Å²) in [6.45, 7) is 0. The number of para-hydroxylation sites is 1. The van der Waals surface area contributed by atoms with Gasteiger partial charge in [0.05, 0.1) is 0 Å². The monoisotopic (exact) mass is 149 g/mol. The van der Waals surface area contributed by atoms with Crippen LogP contribution in [-0.4, -0.2) is 12.9 Å². The van der Waals surface area contributed by atoms with Gasteiger partial charge in [0.1, 0.15) is 5.84 Å². The van der Waals surface area contributed by atoms with Gasteiger partial charge in [0, 0.05) is 18.3 Å². The fourth-order valence-electron chi connectivity index (χ4n) is 0.851. The van der Waals surface area contributed by atoms with Crippen LogP contribution in [0.3, 0.4) is 0 Å². The molecule has 0 aromatic heterocycles. The molecule has 1 rings (SSSR count). The van der Waals surface area contributed by atoms with Crippen molar-refractivity contribution >= 4 is 11.5 Å². The number of amidine groups is 1. The molecule has 4 N–H and O–H groups in total. The molecule has 0 radical (unpaired) electrons. The first-order chi connectivity index (χ1) is 5.25. The molecule has 0 bridgehead atoms. The number of nitrogens with two attached hydrogens (primary N) is 2. The Hall–Kier alpha value is -1.51. The summed E-state index contributed by atoms with van der Waals surface area (Å²) in [5, 5.41) is 0. The van der Waals surface area contributed by atoms with Crippen LogP contribution < -0.4 is 11.5 Å². The van der Waals surface area contributed by atoms with Gasteiger partial charge in [0.15, 0.2) is 0 Å². The topological polar surface area (TPSA) is 64.4 Å². The van der Waals surface area contributed by atoms with Crippen molar-refractivity contribution in [2.75, 3.05) is 12.8 Å². The Labute approximate surface area is 65.7 Å². The van der Waals surface area contributed by atoms with E-state index in [0.29, 0.717) is 11.5 Å². The van der Waals surface area contributed by atoms with Crippen molar-refractivity contribution in [1.29, 1.82) is 0 Å². The molecule has 3 nitrogen and oxygen atoms in total. The number of hydrogen-bond acceptors (Lipinski definition) is 2. The van der Waals surface area contributed by atoms with Gasteiger partial charge in [-0.25, -0.2) is 0 Å². The minimum atomic E-state index is 0.475. The van der Waals surface area contributed by atoms with Crippen LogP contribution in [0.2, 0.25) is 0 Å². The van der Waals surface area contributed by atoms with E-state index in [-0.39, 0.29) is 0 Å². The average Bonchev–Trinajstić information content (AvgIpc) is 2.04.